The van der Waals surface area contributed by atoms with E-state index < -0.39 is 24.8 Å². The molecule has 0 radical (unpaired) electrons. The third kappa shape index (κ3) is 9.01. The molecular weight excluding hydrogens is 566 g/mol. The van der Waals surface area contributed by atoms with Crippen molar-refractivity contribution < 1.29 is 22.7 Å². The summed E-state index contributed by atoms with van der Waals surface area (Å²) in [5.41, 5.74) is 9.80. The number of carbonyl (C=O) groups excluding carboxylic acids is 1. The predicted molar refractivity (Wildman–Crippen MR) is 144 cm³/mol. The number of hydrogen-bond donors (Lipinski definition) is 3. The van der Waals surface area contributed by atoms with Gasteiger partial charge in [0.05, 0.1) is 29.3 Å². The zero-order valence-corrected chi connectivity index (χ0v) is 23.0. The van der Waals surface area contributed by atoms with E-state index in [0.29, 0.717) is 16.3 Å². The Morgan fingerprint density at radius 1 is 1.37 bits per heavy atom. The van der Waals surface area contributed by atoms with Gasteiger partial charge >= 0.3 is 0 Å². The van der Waals surface area contributed by atoms with E-state index in [9.17, 15) is 13.6 Å². The number of allylic oxidation sites excluding steroid dienone is 4. The van der Waals surface area contributed by atoms with Crippen LogP contribution in [0.4, 0.5) is 13.2 Å². The van der Waals surface area contributed by atoms with Crippen molar-refractivity contribution in [2.24, 2.45) is 10.7 Å². The van der Waals surface area contributed by atoms with Crippen LogP contribution in [0.2, 0.25) is 10.0 Å². The minimum absolute atomic E-state index is 0.0124. The maximum atomic E-state index is 15.1. The molecule has 0 fully saturated rings. The molecule has 0 aliphatic carbocycles. The second kappa shape index (κ2) is 14.7. The highest BCUT2D eigenvalue weighted by molar-refractivity contribution is 7.07. The fourth-order valence-corrected chi connectivity index (χ4v) is 3.82. The van der Waals surface area contributed by atoms with Crippen molar-refractivity contribution in [1.29, 1.82) is 0 Å². The summed E-state index contributed by atoms with van der Waals surface area (Å²) < 4.78 is 49.3. The van der Waals surface area contributed by atoms with Crippen LogP contribution in [0.1, 0.15) is 29.1 Å². The van der Waals surface area contributed by atoms with Gasteiger partial charge in [-0.05, 0) is 49.2 Å². The molecule has 1 aromatic heterocycles. The standard InChI is InChI=1S/C23H26Cl2F3N7O2S/c1-12(16-6-15(24)7-17(25)22(16)37-10-21(27)28)5-18(26)19(30-4)8-31-11-35(14(3)13(2)29)33-23(36)20-9-32-34-38-20/h5-7,9,21,31H,1,8,10-11,29H2,2-4H3,(H,33,36)/b14-13-,18-5+,30-19?. The molecule has 38 heavy (non-hydrogen) atoms. The van der Waals surface area contributed by atoms with Crippen molar-refractivity contribution in [3.8, 4) is 5.75 Å². The SMILES string of the molecule is C=C(/C=C(/F)C(CNCN(NC(=O)c1cnns1)/C(C)=C(/C)N)=NC)c1cc(Cl)cc(Cl)c1OCC(F)F. The number of nitrogens with two attached hydrogens (primary N) is 1. The molecule has 206 valence electrons. The molecule has 0 unspecified atom stereocenters. The molecule has 0 aliphatic rings. The number of halogens is 5. The van der Waals surface area contributed by atoms with Crippen molar-refractivity contribution >= 4 is 51.9 Å². The molecule has 1 aromatic carbocycles. The number of nitrogens with one attached hydrogen (secondary N) is 2. The monoisotopic (exact) mass is 591 g/mol. The number of hydrazine groups is 1. The highest BCUT2D eigenvalue weighted by Crippen LogP contribution is 2.37. The Kier molecular flexibility index (Phi) is 12.0. The average Bonchev–Trinajstić information content (AvgIpc) is 3.39. The van der Waals surface area contributed by atoms with E-state index in [1.807, 2.05) is 0 Å². The van der Waals surface area contributed by atoms with Crippen molar-refractivity contribution in [2.45, 2.75) is 20.3 Å². The first kappa shape index (κ1) is 31.1. The van der Waals surface area contributed by atoms with Crippen LogP contribution in [0.3, 0.4) is 0 Å². The lowest BCUT2D eigenvalue weighted by Gasteiger charge is -2.26. The summed E-state index contributed by atoms with van der Waals surface area (Å²) in [6.45, 7) is 6.24. The minimum Gasteiger partial charge on any atom is -0.485 e. The lowest BCUT2D eigenvalue weighted by molar-refractivity contribution is 0.0817. The van der Waals surface area contributed by atoms with Crippen LogP contribution in [0.15, 0.2) is 53.2 Å². The van der Waals surface area contributed by atoms with Crippen LogP contribution in [-0.2, 0) is 0 Å². The molecule has 9 nitrogen and oxygen atoms in total. The van der Waals surface area contributed by atoms with Gasteiger partial charge in [-0.15, -0.1) is 5.10 Å². The Morgan fingerprint density at radius 3 is 2.66 bits per heavy atom. The zero-order valence-electron chi connectivity index (χ0n) is 20.7. The van der Waals surface area contributed by atoms with E-state index in [1.165, 1.54) is 30.4 Å². The molecule has 0 spiro atoms. The minimum atomic E-state index is -2.75. The highest BCUT2D eigenvalue weighted by Gasteiger charge is 2.18. The van der Waals surface area contributed by atoms with E-state index in [-0.39, 0.29) is 45.9 Å². The number of aromatic nitrogens is 2. The number of carbonyl (C=O) groups is 1. The van der Waals surface area contributed by atoms with Gasteiger partial charge in [-0.3, -0.25) is 25.5 Å². The van der Waals surface area contributed by atoms with E-state index in [0.717, 1.165) is 17.6 Å². The molecule has 4 N–H and O–H groups in total. The first-order valence-corrected chi connectivity index (χ1v) is 12.4. The molecule has 0 aliphatic heterocycles. The molecular formula is C23H26Cl2F3N7O2S. The van der Waals surface area contributed by atoms with Crippen molar-refractivity contribution in [1.82, 2.24) is 25.3 Å². The normalized spacial score (nSPS) is 12.9. The quantitative estimate of drug-likeness (QED) is 0.132. The number of alkyl halides is 2. The van der Waals surface area contributed by atoms with Crippen LogP contribution in [0.5, 0.6) is 5.75 Å². The third-order valence-electron chi connectivity index (χ3n) is 4.91. The third-order valence-corrected chi connectivity index (χ3v) is 6.08. The summed E-state index contributed by atoms with van der Waals surface area (Å²) in [5, 5.41) is 8.23. The Balaban J connectivity index is 2.15. The molecule has 1 amide bonds. The number of benzene rings is 1. The van der Waals surface area contributed by atoms with Crippen LogP contribution < -0.4 is 21.2 Å². The van der Waals surface area contributed by atoms with Crippen LogP contribution in [-0.4, -0.2) is 59.5 Å². The summed E-state index contributed by atoms with van der Waals surface area (Å²) in [6, 6.07) is 2.70. The van der Waals surface area contributed by atoms with Crippen molar-refractivity contribution in [3.05, 3.63) is 68.7 Å². The van der Waals surface area contributed by atoms with Crippen LogP contribution in [0.25, 0.3) is 5.57 Å². The Bertz CT molecular complexity index is 1230. The molecule has 0 saturated carbocycles. The van der Waals surface area contributed by atoms with Crippen LogP contribution in [0, 0.1) is 0 Å². The topological polar surface area (TPSA) is 118 Å². The Morgan fingerprint density at radius 2 is 2.08 bits per heavy atom. The first-order valence-electron chi connectivity index (χ1n) is 10.9. The lowest BCUT2D eigenvalue weighted by Crippen LogP contribution is -2.47. The van der Waals surface area contributed by atoms with E-state index in [4.69, 9.17) is 33.7 Å². The summed E-state index contributed by atoms with van der Waals surface area (Å²) in [7, 11) is 1.39. The zero-order chi connectivity index (χ0) is 28.4. The second-order valence-electron chi connectivity index (χ2n) is 7.66. The predicted octanol–water partition coefficient (Wildman–Crippen LogP) is 4.83. The Labute approximate surface area is 232 Å². The molecule has 0 bridgehead atoms. The molecule has 2 aromatic rings. The molecule has 15 heteroatoms. The fraction of sp³-hybridized carbons (Fsp3) is 0.304. The molecule has 2 rings (SSSR count). The summed E-state index contributed by atoms with van der Waals surface area (Å²) in [5.74, 6) is -1.30. The van der Waals surface area contributed by atoms with E-state index in [1.54, 1.807) is 13.8 Å². The van der Waals surface area contributed by atoms with Gasteiger partial charge in [0.1, 0.15) is 23.1 Å². The highest BCUT2D eigenvalue weighted by atomic mass is 35.5. The number of aliphatic imine (C=N–C) groups is 1. The van der Waals surface area contributed by atoms with Gasteiger partial charge in [0, 0.05) is 29.9 Å². The largest absolute Gasteiger partial charge is 0.485 e. The van der Waals surface area contributed by atoms with Crippen molar-refractivity contribution in [2.75, 3.05) is 26.9 Å². The maximum absolute atomic E-state index is 15.1. The van der Waals surface area contributed by atoms with Gasteiger partial charge in [-0.1, -0.05) is 34.3 Å². The van der Waals surface area contributed by atoms with Gasteiger partial charge in [0.2, 0.25) is 0 Å². The van der Waals surface area contributed by atoms with E-state index >= 15 is 4.39 Å². The lowest BCUT2D eigenvalue weighted by atomic mass is 10.0. The Hall–Kier alpha value is -3.13. The van der Waals surface area contributed by atoms with Gasteiger partial charge in [-0.25, -0.2) is 13.2 Å². The van der Waals surface area contributed by atoms with Gasteiger partial charge < -0.3 is 10.5 Å². The average molecular weight is 592 g/mol. The number of amides is 1. The van der Waals surface area contributed by atoms with Gasteiger partial charge in [0.25, 0.3) is 12.3 Å². The number of nitrogens with zero attached hydrogens (tertiary/aromatic N) is 4. The van der Waals surface area contributed by atoms with Gasteiger partial charge in [-0.2, -0.15) is 0 Å². The second-order valence-corrected chi connectivity index (χ2v) is 9.29. The molecule has 1 heterocycles. The maximum Gasteiger partial charge on any atom is 0.283 e. The summed E-state index contributed by atoms with van der Waals surface area (Å²) in [4.78, 5) is 16.7. The van der Waals surface area contributed by atoms with E-state index in [2.05, 4.69) is 31.9 Å². The van der Waals surface area contributed by atoms with Crippen LogP contribution >= 0.6 is 34.7 Å². The summed E-state index contributed by atoms with van der Waals surface area (Å²) in [6.07, 6.45) is -0.358. The fourth-order valence-electron chi connectivity index (χ4n) is 2.86. The number of hydrogen-bond acceptors (Lipinski definition) is 9. The molecule has 0 atom stereocenters. The first-order chi connectivity index (χ1) is 17.9. The van der Waals surface area contributed by atoms with Gasteiger partial charge in [0.15, 0.2) is 0 Å². The number of ether oxygens (including phenoxy) is 1. The van der Waals surface area contributed by atoms with Crippen molar-refractivity contribution in [3.63, 3.8) is 0 Å². The smallest absolute Gasteiger partial charge is 0.283 e. The molecule has 0 saturated heterocycles. The summed E-state index contributed by atoms with van der Waals surface area (Å²) >= 11 is 13.1. The number of rotatable bonds is 13.